The van der Waals surface area contributed by atoms with Gasteiger partial charge in [0.05, 0.1) is 12.0 Å². The summed E-state index contributed by atoms with van der Waals surface area (Å²) < 4.78 is 4.90. The molecule has 0 unspecified atom stereocenters. The second-order valence-electron chi connectivity index (χ2n) is 6.92. The van der Waals surface area contributed by atoms with Crippen LogP contribution in [0.2, 0.25) is 10.3 Å². The standard InChI is InChI=1S/C21H21Cl2N3O5/c1-4-25(5-2)17-15-13(11-14(22)24-19(15)23)21(28,20(27)31-3)16(18(17)26(29)30)12-9-7-6-8-10-12/h6-11,16,28H,4-5H2,1-3H3/t16-,21+/m1/s1. The van der Waals surface area contributed by atoms with Crippen molar-refractivity contribution < 1.29 is 19.6 Å². The first-order valence-corrected chi connectivity index (χ1v) is 10.3. The van der Waals surface area contributed by atoms with E-state index in [1.807, 2.05) is 13.8 Å². The maximum Gasteiger partial charge on any atom is 0.343 e. The molecule has 0 spiro atoms. The third kappa shape index (κ3) is 3.64. The van der Waals surface area contributed by atoms with Crippen LogP contribution in [0.1, 0.15) is 36.5 Å². The van der Waals surface area contributed by atoms with Crippen molar-refractivity contribution in [3.05, 3.63) is 79.2 Å². The summed E-state index contributed by atoms with van der Waals surface area (Å²) in [6, 6.07) is 9.59. The monoisotopic (exact) mass is 465 g/mol. The van der Waals surface area contributed by atoms with Crippen molar-refractivity contribution in [3.63, 3.8) is 0 Å². The van der Waals surface area contributed by atoms with Gasteiger partial charge in [-0.3, -0.25) is 10.1 Å². The van der Waals surface area contributed by atoms with Crippen LogP contribution in [0.4, 0.5) is 0 Å². The number of carbonyl (C=O) groups excluding carboxylic acids is 1. The van der Waals surface area contributed by atoms with E-state index in [4.69, 9.17) is 27.9 Å². The third-order valence-corrected chi connectivity index (χ3v) is 5.90. The average molecular weight is 466 g/mol. The molecule has 3 rings (SSSR count). The lowest BCUT2D eigenvalue weighted by molar-refractivity contribution is -0.433. The van der Waals surface area contributed by atoms with Crippen molar-refractivity contribution in [1.29, 1.82) is 0 Å². The summed E-state index contributed by atoms with van der Waals surface area (Å²) >= 11 is 12.5. The second-order valence-corrected chi connectivity index (χ2v) is 7.67. The van der Waals surface area contributed by atoms with Gasteiger partial charge < -0.3 is 14.7 Å². The Morgan fingerprint density at radius 1 is 1.29 bits per heavy atom. The van der Waals surface area contributed by atoms with E-state index in [2.05, 4.69) is 4.98 Å². The molecule has 2 atom stereocenters. The summed E-state index contributed by atoms with van der Waals surface area (Å²) in [5.74, 6) is -2.45. The highest BCUT2D eigenvalue weighted by atomic mass is 35.5. The van der Waals surface area contributed by atoms with Crippen molar-refractivity contribution in [2.45, 2.75) is 25.4 Å². The smallest absolute Gasteiger partial charge is 0.343 e. The molecule has 0 aliphatic heterocycles. The number of benzene rings is 1. The van der Waals surface area contributed by atoms with Crippen LogP contribution in [0.25, 0.3) is 5.70 Å². The van der Waals surface area contributed by atoms with Crippen LogP contribution in [0.3, 0.4) is 0 Å². The van der Waals surface area contributed by atoms with Gasteiger partial charge in [-0.1, -0.05) is 53.5 Å². The zero-order valence-corrected chi connectivity index (χ0v) is 18.6. The Labute approximate surface area is 189 Å². The summed E-state index contributed by atoms with van der Waals surface area (Å²) in [7, 11) is 1.10. The largest absolute Gasteiger partial charge is 0.467 e. The number of fused-ring (bicyclic) bond motifs is 1. The lowest BCUT2D eigenvalue weighted by Gasteiger charge is -2.40. The number of pyridine rings is 1. The highest BCUT2D eigenvalue weighted by Crippen LogP contribution is 2.53. The van der Waals surface area contributed by atoms with Gasteiger partial charge in [0, 0.05) is 24.2 Å². The van der Waals surface area contributed by atoms with Crippen molar-refractivity contribution in [3.8, 4) is 0 Å². The Bertz CT molecular complexity index is 1060. The predicted molar refractivity (Wildman–Crippen MR) is 116 cm³/mol. The molecule has 10 heteroatoms. The number of aliphatic hydroxyl groups is 1. The molecule has 1 aliphatic rings. The van der Waals surface area contributed by atoms with Crippen molar-refractivity contribution in [2.75, 3.05) is 20.2 Å². The number of hydrogen-bond acceptors (Lipinski definition) is 7. The van der Waals surface area contributed by atoms with Gasteiger partial charge in [-0.05, 0) is 25.5 Å². The van der Waals surface area contributed by atoms with Crippen molar-refractivity contribution in [1.82, 2.24) is 9.88 Å². The number of esters is 1. The maximum atomic E-state index is 13.0. The fourth-order valence-electron chi connectivity index (χ4n) is 4.11. The molecule has 0 saturated carbocycles. The lowest BCUT2D eigenvalue weighted by Crippen LogP contribution is -2.49. The molecule has 164 valence electrons. The molecule has 31 heavy (non-hydrogen) atoms. The molecule has 0 amide bonds. The molecule has 0 saturated heterocycles. The molecule has 0 radical (unpaired) electrons. The third-order valence-electron chi connectivity index (χ3n) is 5.43. The van der Waals surface area contributed by atoms with E-state index in [0.717, 1.165) is 7.11 Å². The normalized spacial score (nSPS) is 20.3. The van der Waals surface area contributed by atoms with E-state index in [1.165, 1.54) is 6.07 Å². The van der Waals surface area contributed by atoms with Gasteiger partial charge in [-0.25, -0.2) is 9.78 Å². The second kappa shape index (κ2) is 8.82. The summed E-state index contributed by atoms with van der Waals surface area (Å²) in [6.07, 6.45) is 0. The topological polar surface area (TPSA) is 106 Å². The fourth-order valence-corrected chi connectivity index (χ4v) is 4.63. The maximum absolute atomic E-state index is 13.0. The summed E-state index contributed by atoms with van der Waals surface area (Å²) in [4.78, 5) is 30.6. The number of ether oxygens (including phenoxy) is 1. The summed E-state index contributed by atoms with van der Waals surface area (Å²) in [5, 5.41) is 24.1. The quantitative estimate of drug-likeness (QED) is 0.299. The molecule has 1 aliphatic carbocycles. The molecule has 1 aromatic heterocycles. The van der Waals surface area contributed by atoms with Gasteiger partial charge in [0.25, 0.3) is 5.70 Å². The van der Waals surface area contributed by atoms with Crippen molar-refractivity contribution in [2.24, 2.45) is 0 Å². The number of nitro groups is 1. The predicted octanol–water partition coefficient (Wildman–Crippen LogP) is 3.83. The number of rotatable bonds is 6. The molecule has 0 bridgehead atoms. The van der Waals surface area contributed by atoms with Crippen LogP contribution in [0.5, 0.6) is 0 Å². The Kier molecular flexibility index (Phi) is 6.54. The van der Waals surface area contributed by atoms with Gasteiger partial charge in [-0.15, -0.1) is 0 Å². The van der Waals surface area contributed by atoms with Gasteiger partial charge in [0.1, 0.15) is 21.9 Å². The number of aromatic nitrogens is 1. The van der Waals surface area contributed by atoms with E-state index >= 15 is 0 Å². The first-order chi connectivity index (χ1) is 14.7. The number of methoxy groups -OCH3 is 1. The highest BCUT2D eigenvalue weighted by Gasteiger charge is 2.59. The number of nitrogens with zero attached hydrogens (tertiary/aromatic N) is 3. The van der Waals surface area contributed by atoms with Gasteiger partial charge >= 0.3 is 5.97 Å². The minimum absolute atomic E-state index is 0.00528. The van der Waals surface area contributed by atoms with E-state index in [9.17, 15) is 20.0 Å². The number of halogens is 2. The van der Waals surface area contributed by atoms with Crippen LogP contribution in [0.15, 0.2) is 42.1 Å². The zero-order chi connectivity index (χ0) is 22.9. The van der Waals surface area contributed by atoms with E-state index in [0.29, 0.717) is 18.7 Å². The molecule has 1 aromatic carbocycles. The first kappa shape index (κ1) is 23.0. The molecule has 1 N–H and O–H groups in total. The first-order valence-electron chi connectivity index (χ1n) is 9.58. The minimum Gasteiger partial charge on any atom is -0.467 e. The molecular weight excluding hydrogens is 445 g/mol. The summed E-state index contributed by atoms with van der Waals surface area (Å²) in [5.41, 5.74) is -2.20. The minimum atomic E-state index is -2.46. The van der Waals surface area contributed by atoms with Crippen LogP contribution >= 0.6 is 23.2 Å². The molecule has 0 fully saturated rings. The molecule has 1 heterocycles. The van der Waals surface area contributed by atoms with Gasteiger partial charge in [0.2, 0.25) is 5.60 Å². The SMILES string of the molecule is CCN(CC)C1=C([N+](=O)[O-])[C@@H](c2ccccc2)[C@](O)(C(=O)OC)c2cc(Cl)nc(Cl)c21. The van der Waals surface area contributed by atoms with E-state index < -0.39 is 22.4 Å². The van der Waals surface area contributed by atoms with E-state index in [-0.39, 0.29) is 32.8 Å². The number of carbonyl (C=O) groups is 1. The highest BCUT2D eigenvalue weighted by molar-refractivity contribution is 6.34. The molecule has 8 nitrogen and oxygen atoms in total. The van der Waals surface area contributed by atoms with E-state index in [1.54, 1.807) is 35.2 Å². The lowest BCUT2D eigenvalue weighted by atomic mass is 9.69. The Balaban J connectivity index is 2.57. The van der Waals surface area contributed by atoms with Crippen LogP contribution < -0.4 is 0 Å². The van der Waals surface area contributed by atoms with Crippen LogP contribution in [0, 0.1) is 10.1 Å². The van der Waals surface area contributed by atoms with Gasteiger partial charge in [0.15, 0.2) is 0 Å². The summed E-state index contributed by atoms with van der Waals surface area (Å²) in [6.45, 7) is 4.51. The Morgan fingerprint density at radius 2 is 1.90 bits per heavy atom. The number of hydrogen-bond donors (Lipinski definition) is 1. The van der Waals surface area contributed by atoms with Crippen LogP contribution in [-0.2, 0) is 15.1 Å². The average Bonchev–Trinajstić information content (AvgIpc) is 2.75. The fraction of sp³-hybridized carbons (Fsp3) is 0.333. The Morgan fingerprint density at radius 3 is 2.42 bits per heavy atom. The Hall–Kier alpha value is -2.68. The van der Waals surface area contributed by atoms with Gasteiger partial charge in [-0.2, -0.15) is 0 Å². The zero-order valence-electron chi connectivity index (χ0n) is 17.1. The molecular formula is C21H21Cl2N3O5. The molecule has 2 aromatic rings. The van der Waals surface area contributed by atoms with Crippen molar-refractivity contribution >= 4 is 34.9 Å². The van der Waals surface area contributed by atoms with Crippen LogP contribution in [-0.4, -0.2) is 46.1 Å².